The summed E-state index contributed by atoms with van der Waals surface area (Å²) in [7, 11) is 0.336. The lowest BCUT2D eigenvalue weighted by Gasteiger charge is -1.77. The first kappa shape index (κ1) is 2.91. The van der Waals surface area contributed by atoms with Gasteiger partial charge in [0.2, 0.25) is 0 Å². The van der Waals surface area contributed by atoms with Crippen molar-refractivity contribution in [1.82, 2.24) is 5.20 Å². The van der Waals surface area contributed by atoms with Crippen LogP contribution < -0.4 is 5.20 Å². The molecular weight excluding hydrogens is 87.0 g/mol. The molecule has 28 valence electrons. The van der Waals surface area contributed by atoms with Crippen LogP contribution in [0.3, 0.4) is 0 Å². The summed E-state index contributed by atoms with van der Waals surface area (Å²) in [5, 5.41) is 6.10. The zero-order chi connectivity index (χ0) is 3.54. The highest BCUT2D eigenvalue weighted by atomic mass is 31.1. The quantitative estimate of drug-likeness (QED) is 0.426. The number of hydrazone groups is 1. The number of rotatable bonds is 0. The summed E-state index contributed by atoms with van der Waals surface area (Å²) in [4.78, 5) is 0. The van der Waals surface area contributed by atoms with E-state index < -0.39 is 0 Å². The molecule has 0 fully saturated rings. The molecule has 5 heavy (non-hydrogen) atoms. The summed E-state index contributed by atoms with van der Waals surface area (Å²) < 4.78 is 4.57. The second-order valence-electron chi connectivity index (χ2n) is 0.566. The molecule has 1 aliphatic heterocycles. The Balaban J connectivity index is 2.32. The molecule has 1 unspecified atom stereocenters. The van der Waals surface area contributed by atoms with Gasteiger partial charge in [0.25, 0.3) is 0 Å². The Kier molecular flexibility index (Phi) is 0.711. The Morgan fingerprint density at radius 3 is 3.20 bits per heavy atom. The zero-order valence-electron chi connectivity index (χ0n) is 2.43. The van der Waals surface area contributed by atoms with Gasteiger partial charge in [0.1, 0.15) is 0 Å². The van der Waals surface area contributed by atoms with E-state index in [9.17, 15) is 0 Å². The van der Waals surface area contributed by atoms with Gasteiger partial charge in [-0.25, -0.2) is 0 Å². The van der Waals surface area contributed by atoms with Crippen LogP contribution in [0, 0.1) is 0 Å². The lowest BCUT2D eigenvalue weighted by Crippen LogP contribution is -1.74. The van der Waals surface area contributed by atoms with Crippen LogP contribution in [0.5, 0.6) is 0 Å². The first-order valence-corrected chi connectivity index (χ1v) is 2.08. The number of hydrogen-bond acceptors (Lipinski definition) is 3. The van der Waals surface area contributed by atoms with Gasteiger partial charge in [-0.2, -0.15) is 0 Å². The van der Waals surface area contributed by atoms with E-state index in [0.29, 0.717) is 8.96 Å². The number of nitrogens with one attached hydrogen (secondary N) is 1. The molecule has 0 bridgehead atoms. The van der Waals surface area contributed by atoms with E-state index in [1.54, 1.807) is 0 Å². The monoisotopic (exact) mass is 90.0 g/mol. The average molecular weight is 90.0 g/mol. The molecule has 1 atom stereocenters. The second-order valence-corrected chi connectivity index (χ2v) is 1.23. The van der Waals surface area contributed by atoms with Crippen LogP contribution in [-0.4, -0.2) is 6.40 Å². The van der Waals surface area contributed by atoms with Gasteiger partial charge in [-0.3, -0.25) is 5.20 Å². The molecule has 0 aromatic rings. The summed E-state index contributed by atoms with van der Waals surface area (Å²) in [6.45, 7) is 0. The van der Waals surface area contributed by atoms with Crippen LogP contribution in [0.2, 0.25) is 0 Å². The molecule has 0 aromatic heterocycles. The molecule has 0 saturated heterocycles. The van der Waals surface area contributed by atoms with Crippen molar-refractivity contribution in [3.63, 3.8) is 0 Å². The van der Waals surface area contributed by atoms with Gasteiger partial charge in [0.15, 0.2) is 15.4 Å². The molecule has 0 saturated carbocycles. The average Bonchev–Trinajstić information content (AvgIpc) is 1.76. The minimum atomic E-state index is 0.336. The lowest BCUT2D eigenvalue weighted by molar-refractivity contribution is 0.673. The zero-order valence-corrected chi connectivity index (χ0v) is 3.43. The van der Waals surface area contributed by atoms with E-state index in [0.717, 1.165) is 0 Å². The maximum absolute atomic E-state index is 4.57. The summed E-state index contributed by atoms with van der Waals surface area (Å²) in [5.74, 6) is 0. The van der Waals surface area contributed by atoms with Crippen molar-refractivity contribution in [3.05, 3.63) is 0 Å². The fourth-order valence-electron chi connectivity index (χ4n) is 0.132. The molecule has 4 heteroatoms. The maximum atomic E-state index is 4.57. The van der Waals surface area contributed by atoms with Crippen LogP contribution in [0.1, 0.15) is 0 Å². The third kappa shape index (κ3) is 0.484. The van der Waals surface area contributed by atoms with Crippen molar-refractivity contribution in [2.75, 3.05) is 0 Å². The Labute approximate surface area is 31.3 Å². The van der Waals surface area contributed by atoms with Gasteiger partial charge >= 0.3 is 0 Å². The van der Waals surface area contributed by atoms with Crippen molar-refractivity contribution in [2.24, 2.45) is 5.10 Å². The standard InChI is InChI=1S/CH3N2OP/c1-2-3-5-4-1/h1,3,5H. The highest BCUT2D eigenvalue weighted by Crippen LogP contribution is 2.05. The van der Waals surface area contributed by atoms with Gasteiger partial charge < -0.3 is 4.52 Å². The largest absolute Gasteiger partial charge is 0.442 e. The molecule has 0 amide bonds. The van der Waals surface area contributed by atoms with E-state index >= 15 is 0 Å². The van der Waals surface area contributed by atoms with Crippen molar-refractivity contribution >= 4 is 15.4 Å². The number of nitrogens with zero attached hydrogens (tertiary/aromatic N) is 1. The molecule has 3 nitrogen and oxygen atoms in total. The fourth-order valence-corrected chi connectivity index (χ4v) is 0.395. The lowest BCUT2D eigenvalue weighted by atomic mass is 11.5. The van der Waals surface area contributed by atoms with Crippen LogP contribution in [-0.2, 0) is 4.52 Å². The van der Waals surface area contributed by atoms with Gasteiger partial charge in [-0.15, -0.1) is 5.10 Å². The first-order chi connectivity index (χ1) is 2.50. The highest BCUT2D eigenvalue weighted by molar-refractivity contribution is 7.30. The van der Waals surface area contributed by atoms with Crippen LogP contribution in [0.4, 0.5) is 0 Å². The molecule has 1 rings (SSSR count). The van der Waals surface area contributed by atoms with Crippen LogP contribution >= 0.6 is 8.96 Å². The van der Waals surface area contributed by atoms with E-state index in [2.05, 4.69) is 14.8 Å². The summed E-state index contributed by atoms with van der Waals surface area (Å²) in [5.41, 5.74) is 0. The fraction of sp³-hybridized carbons (Fsp3) is 0. The predicted octanol–water partition coefficient (Wildman–Crippen LogP) is 0.0580. The van der Waals surface area contributed by atoms with E-state index in [1.165, 1.54) is 6.40 Å². The molecule has 1 heterocycles. The Hall–Kier alpha value is -0.300. The van der Waals surface area contributed by atoms with Crippen molar-refractivity contribution in [2.45, 2.75) is 0 Å². The van der Waals surface area contributed by atoms with E-state index in [4.69, 9.17) is 0 Å². The minimum Gasteiger partial charge on any atom is -0.442 e. The van der Waals surface area contributed by atoms with Gasteiger partial charge in [0, 0.05) is 0 Å². The smallest absolute Gasteiger partial charge is 0.198 e. The maximum Gasteiger partial charge on any atom is 0.198 e. The predicted molar refractivity (Wildman–Crippen MR) is 21.0 cm³/mol. The Bertz CT molecular complexity index is 47.6. The topological polar surface area (TPSA) is 33.6 Å². The molecule has 0 aromatic carbocycles. The van der Waals surface area contributed by atoms with Gasteiger partial charge in [-0.1, -0.05) is 0 Å². The van der Waals surface area contributed by atoms with Crippen LogP contribution in [0.25, 0.3) is 0 Å². The summed E-state index contributed by atoms with van der Waals surface area (Å²) >= 11 is 0. The van der Waals surface area contributed by atoms with Gasteiger partial charge in [0.05, 0.1) is 0 Å². The number of hydrogen-bond donors (Lipinski definition) is 1. The Morgan fingerprint density at radius 2 is 3.00 bits per heavy atom. The van der Waals surface area contributed by atoms with Crippen molar-refractivity contribution in [3.8, 4) is 0 Å². The molecule has 0 spiro atoms. The first-order valence-electron chi connectivity index (χ1n) is 1.17. The van der Waals surface area contributed by atoms with E-state index in [1.807, 2.05) is 0 Å². The van der Waals surface area contributed by atoms with Crippen LogP contribution in [0.15, 0.2) is 5.10 Å². The highest BCUT2D eigenvalue weighted by Gasteiger charge is 1.82. The molecule has 1 aliphatic rings. The Morgan fingerprint density at radius 1 is 2.00 bits per heavy atom. The third-order valence-corrected chi connectivity index (χ3v) is 0.718. The molecular formula is CH3N2OP. The summed E-state index contributed by atoms with van der Waals surface area (Å²) in [6, 6.07) is 0. The summed E-state index contributed by atoms with van der Waals surface area (Å²) in [6.07, 6.45) is 1.39. The normalized spacial score (nSPS) is 22.4. The minimum absolute atomic E-state index is 0.336. The van der Waals surface area contributed by atoms with Crippen molar-refractivity contribution in [1.29, 1.82) is 0 Å². The van der Waals surface area contributed by atoms with Crippen molar-refractivity contribution < 1.29 is 4.52 Å². The second kappa shape index (κ2) is 1.22. The molecule has 0 aliphatic carbocycles. The third-order valence-electron chi connectivity index (χ3n) is 0.275. The van der Waals surface area contributed by atoms with E-state index in [-0.39, 0.29) is 0 Å². The molecule has 0 radical (unpaired) electrons. The SMILES string of the molecule is C1=NNPO1. The van der Waals surface area contributed by atoms with Gasteiger partial charge in [-0.05, 0) is 0 Å². The molecule has 1 N–H and O–H groups in total.